The van der Waals surface area contributed by atoms with Gasteiger partial charge in [0.25, 0.3) is 0 Å². The molecule has 1 aliphatic heterocycles. The molecule has 1 aliphatic rings. The third-order valence-corrected chi connectivity index (χ3v) is 4.97. The molecule has 2 aromatic rings. The predicted molar refractivity (Wildman–Crippen MR) is 87.9 cm³/mol. The number of nitrogens with one attached hydrogen (secondary N) is 1. The Morgan fingerprint density at radius 3 is 3.04 bits per heavy atom. The maximum absolute atomic E-state index is 13.2. The number of carbonyl (C=O) groups excluding carboxylic acids is 2. The number of anilines is 1. The van der Waals surface area contributed by atoms with E-state index in [1.54, 1.807) is 17.9 Å². The molecule has 0 unspecified atom stereocenters. The highest BCUT2D eigenvalue weighted by molar-refractivity contribution is 7.22. The largest absolute Gasteiger partial charge is 0.331 e. The molecule has 0 radical (unpaired) electrons. The molecule has 1 aromatic carbocycles. The lowest BCUT2D eigenvalue weighted by atomic mass is 10.2. The number of amides is 2. The van der Waals surface area contributed by atoms with Crippen LogP contribution in [0.5, 0.6) is 0 Å². The molecule has 23 heavy (non-hydrogen) atoms. The molecule has 1 saturated heterocycles. The molecular weight excluding hydrogens is 317 g/mol. The van der Waals surface area contributed by atoms with Gasteiger partial charge in [-0.15, -0.1) is 0 Å². The van der Waals surface area contributed by atoms with Gasteiger partial charge in [-0.3, -0.25) is 9.59 Å². The lowest BCUT2D eigenvalue weighted by Crippen LogP contribution is -2.45. The number of carbonyl (C=O) groups is 2. The summed E-state index contributed by atoms with van der Waals surface area (Å²) in [5.74, 6) is -0.571. The minimum absolute atomic E-state index is 0.0246. The van der Waals surface area contributed by atoms with E-state index < -0.39 is 6.04 Å². The smallest absolute Gasteiger partial charge is 0.248 e. The normalized spacial score (nSPS) is 17.1. The second kappa shape index (κ2) is 6.62. The summed E-state index contributed by atoms with van der Waals surface area (Å²) < 4.78 is 13.9. The van der Waals surface area contributed by atoms with Crippen molar-refractivity contribution in [3.8, 4) is 0 Å². The van der Waals surface area contributed by atoms with E-state index in [0.717, 1.165) is 19.3 Å². The van der Waals surface area contributed by atoms with Crippen molar-refractivity contribution in [3.63, 3.8) is 0 Å². The summed E-state index contributed by atoms with van der Waals surface area (Å²) in [6, 6.07) is 3.78. The minimum Gasteiger partial charge on any atom is -0.331 e. The van der Waals surface area contributed by atoms with E-state index in [-0.39, 0.29) is 17.6 Å². The molecule has 2 amide bonds. The molecule has 2 heterocycles. The van der Waals surface area contributed by atoms with Crippen molar-refractivity contribution in [2.24, 2.45) is 0 Å². The summed E-state index contributed by atoms with van der Waals surface area (Å²) >= 11 is 1.22. The molecule has 7 heteroatoms. The SMILES string of the molecule is C[C@H](C(=O)Nc1nc2ccc(F)cc2s1)N1CCCCCC1=O. The van der Waals surface area contributed by atoms with Gasteiger partial charge >= 0.3 is 0 Å². The number of thiazole rings is 1. The second-order valence-electron chi connectivity index (χ2n) is 5.69. The van der Waals surface area contributed by atoms with Crippen molar-refractivity contribution in [1.29, 1.82) is 0 Å². The Bertz CT molecular complexity index is 746. The van der Waals surface area contributed by atoms with Crippen LogP contribution in [-0.4, -0.2) is 34.3 Å². The zero-order valence-corrected chi connectivity index (χ0v) is 13.7. The quantitative estimate of drug-likeness (QED) is 0.937. The van der Waals surface area contributed by atoms with Gasteiger partial charge in [-0.1, -0.05) is 17.8 Å². The first-order valence-corrected chi connectivity index (χ1v) is 8.52. The molecule has 3 rings (SSSR count). The topological polar surface area (TPSA) is 62.3 Å². The van der Waals surface area contributed by atoms with Crippen molar-refractivity contribution in [3.05, 3.63) is 24.0 Å². The maximum Gasteiger partial charge on any atom is 0.248 e. The number of benzene rings is 1. The molecule has 1 N–H and O–H groups in total. The first-order valence-electron chi connectivity index (χ1n) is 7.71. The molecule has 5 nitrogen and oxygen atoms in total. The summed E-state index contributed by atoms with van der Waals surface area (Å²) in [5, 5.41) is 3.16. The van der Waals surface area contributed by atoms with Crippen LogP contribution in [0, 0.1) is 5.82 Å². The van der Waals surface area contributed by atoms with E-state index in [1.165, 1.54) is 23.5 Å². The fraction of sp³-hybridized carbons (Fsp3) is 0.438. The van der Waals surface area contributed by atoms with Gasteiger partial charge in [-0.2, -0.15) is 0 Å². The molecule has 0 saturated carbocycles. The summed E-state index contributed by atoms with van der Waals surface area (Å²) in [7, 11) is 0. The third-order valence-electron chi connectivity index (χ3n) is 4.04. The molecule has 1 aromatic heterocycles. The van der Waals surface area contributed by atoms with Crippen molar-refractivity contribution >= 4 is 38.5 Å². The summed E-state index contributed by atoms with van der Waals surface area (Å²) in [6.45, 7) is 2.34. The van der Waals surface area contributed by atoms with Crippen LogP contribution in [0.2, 0.25) is 0 Å². The summed E-state index contributed by atoms with van der Waals surface area (Å²) in [6.07, 6.45) is 3.31. The molecular formula is C16H18FN3O2S. The average Bonchev–Trinajstić information content (AvgIpc) is 2.78. The Balaban J connectivity index is 1.72. The van der Waals surface area contributed by atoms with Gasteiger partial charge in [0.2, 0.25) is 11.8 Å². The average molecular weight is 335 g/mol. The summed E-state index contributed by atoms with van der Waals surface area (Å²) in [4.78, 5) is 30.4. The zero-order valence-electron chi connectivity index (χ0n) is 12.8. The van der Waals surface area contributed by atoms with Crippen LogP contribution >= 0.6 is 11.3 Å². The minimum atomic E-state index is -0.538. The van der Waals surface area contributed by atoms with E-state index in [4.69, 9.17) is 0 Å². The van der Waals surface area contributed by atoms with Crippen LogP contribution in [0.25, 0.3) is 10.2 Å². The number of nitrogens with zero attached hydrogens (tertiary/aromatic N) is 2. The Kier molecular flexibility index (Phi) is 4.56. The third kappa shape index (κ3) is 3.50. The van der Waals surface area contributed by atoms with Crippen molar-refractivity contribution < 1.29 is 14.0 Å². The van der Waals surface area contributed by atoms with Crippen LogP contribution in [0.4, 0.5) is 9.52 Å². The Labute approximate surface area is 137 Å². The Morgan fingerprint density at radius 1 is 1.39 bits per heavy atom. The van der Waals surface area contributed by atoms with Gasteiger partial charge in [0.15, 0.2) is 5.13 Å². The van der Waals surface area contributed by atoms with Gasteiger partial charge in [-0.05, 0) is 38.0 Å². The van der Waals surface area contributed by atoms with E-state index in [0.29, 0.717) is 28.3 Å². The van der Waals surface area contributed by atoms with E-state index in [2.05, 4.69) is 10.3 Å². The first-order chi connectivity index (χ1) is 11.0. The van der Waals surface area contributed by atoms with Crippen LogP contribution in [0.3, 0.4) is 0 Å². The van der Waals surface area contributed by atoms with Crippen LogP contribution in [-0.2, 0) is 9.59 Å². The molecule has 1 fully saturated rings. The molecule has 122 valence electrons. The van der Waals surface area contributed by atoms with Crippen LogP contribution in [0.15, 0.2) is 18.2 Å². The number of rotatable bonds is 3. The van der Waals surface area contributed by atoms with Gasteiger partial charge < -0.3 is 10.2 Å². The highest BCUT2D eigenvalue weighted by atomic mass is 32.1. The van der Waals surface area contributed by atoms with Crippen LogP contribution in [0.1, 0.15) is 32.6 Å². The highest BCUT2D eigenvalue weighted by Gasteiger charge is 2.27. The van der Waals surface area contributed by atoms with Gasteiger partial charge in [0.05, 0.1) is 10.2 Å². The van der Waals surface area contributed by atoms with Gasteiger partial charge in [-0.25, -0.2) is 9.37 Å². The predicted octanol–water partition coefficient (Wildman–Crippen LogP) is 3.17. The van der Waals surface area contributed by atoms with E-state index >= 15 is 0 Å². The van der Waals surface area contributed by atoms with Crippen molar-refractivity contribution in [1.82, 2.24) is 9.88 Å². The van der Waals surface area contributed by atoms with Crippen molar-refractivity contribution in [2.75, 3.05) is 11.9 Å². The lowest BCUT2D eigenvalue weighted by molar-refractivity contribution is -0.137. The molecule has 0 spiro atoms. The number of likely N-dealkylation sites (tertiary alicyclic amines) is 1. The lowest BCUT2D eigenvalue weighted by Gasteiger charge is -2.26. The number of hydrogen-bond donors (Lipinski definition) is 1. The number of fused-ring (bicyclic) bond motifs is 1. The highest BCUT2D eigenvalue weighted by Crippen LogP contribution is 2.26. The van der Waals surface area contributed by atoms with Gasteiger partial charge in [0.1, 0.15) is 11.9 Å². The summed E-state index contributed by atoms with van der Waals surface area (Å²) in [5.41, 5.74) is 0.644. The molecule has 0 aliphatic carbocycles. The Morgan fingerprint density at radius 2 is 2.22 bits per heavy atom. The fourth-order valence-electron chi connectivity index (χ4n) is 2.72. The first kappa shape index (κ1) is 15.9. The molecule has 0 bridgehead atoms. The van der Waals surface area contributed by atoms with Gasteiger partial charge in [0, 0.05) is 13.0 Å². The fourth-order valence-corrected chi connectivity index (χ4v) is 3.61. The van der Waals surface area contributed by atoms with Crippen molar-refractivity contribution in [2.45, 2.75) is 38.6 Å². The number of aromatic nitrogens is 1. The second-order valence-corrected chi connectivity index (χ2v) is 6.72. The number of hydrogen-bond acceptors (Lipinski definition) is 4. The van der Waals surface area contributed by atoms with E-state index in [9.17, 15) is 14.0 Å². The zero-order chi connectivity index (χ0) is 16.4. The monoisotopic (exact) mass is 335 g/mol. The van der Waals surface area contributed by atoms with Crippen LogP contribution < -0.4 is 5.32 Å². The number of halogens is 1. The maximum atomic E-state index is 13.2. The Hall–Kier alpha value is -2.02. The molecule has 1 atom stereocenters. The van der Waals surface area contributed by atoms with E-state index in [1.807, 2.05) is 0 Å². The standard InChI is InChI=1S/C16H18FN3O2S/c1-10(20-8-4-2-3-5-14(20)21)15(22)19-16-18-12-7-6-11(17)9-13(12)23-16/h6-7,9-10H,2-5,8H2,1H3,(H,18,19,22)/t10-/m1/s1.